The maximum absolute atomic E-state index is 13.7. The van der Waals surface area contributed by atoms with Gasteiger partial charge >= 0.3 is 5.97 Å². The second kappa shape index (κ2) is 14.3. The van der Waals surface area contributed by atoms with E-state index in [1.807, 2.05) is 12.1 Å². The highest BCUT2D eigenvalue weighted by atomic mass is 16.5. The molecule has 49 heavy (non-hydrogen) atoms. The molecule has 1 aromatic carbocycles. The second-order valence-electron chi connectivity index (χ2n) is 13.7. The standard InChI is InChI=1S/C36H43N5O8/c1-19-25-7-4-5-9-28(25)49-32(19)35(46)38-26(10-11-29(34(45)37-3)48-20(2)42)33(44)39-27-8-6-12-41(36(27)47)18-30(43)40-31-23-14-21-13-22(16-23)17-24(31)15-21/h4-9,12,21-24,26,29,31H,10-11,13-18H2,1-3H3,(H,37,45)(H,38,46)(H,39,44)(H,40,43)/t21?,22?,23?,24?,26-,29?,31?/m0/s1. The Kier molecular flexibility index (Phi) is 9.89. The lowest BCUT2D eigenvalue weighted by Crippen LogP contribution is -2.56. The van der Waals surface area contributed by atoms with Crippen molar-refractivity contribution in [2.75, 3.05) is 12.4 Å². The summed E-state index contributed by atoms with van der Waals surface area (Å²) in [5, 5.41) is 11.6. The van der Waals surface area contributed by atoms with Crippen LogP contribution in [-0.2, 0) is 30.5 Å². The molecular formula is C36H43N5O8. The Morgan fingerprint density at radius 2 is 1.63 bits per heavy atom. The van der Waals surface area contributed by atoms with Crippen LogP contribution in [0.25, 0.3) is 11.0 Å². The molecule has 260 valence electrons. The monoisotopic (exact) mass is 673 g/mol. The first-order valence-corrected chi connectivity index (χ1v) is 17.0. The van der Waals surface area contributed by atoms with Gasteiger partial charge in [0.25, 0.3) is 17.4 Å². The van der Waals surface area contributed by atoms with Crippen LogP contribution in [0.15, 0.2) is 51.8 Å². The number of anilines is 1. The predicted octanol–water partition coefficient (Wildman–Crippen LogP) is 3.04. The summed E-state index contributed by atoms with van der Waals surface area (Å²) in [5.74, 6) is -0.408. The third-order valence-electron chi connectivity index (χ3n) is 10.4. The maximum atomic E-state index is 13.7. The van der Waals surface area contributed by atoms with Crippen molar-refractivity contribution >= 4 is 46.3 Å². The fourth-order valence-electron chi connectivity index (χ4n) is 8.33. The number of carbonyl (C=O) groups is 5. The number of ether oxygens (including phenoxy) is 1. The quantitative estimate of drug-likeness (QED) is 0.212. The minimum absolute atomic E-state index is 0.00838. The molecule has 4 saturated carbocycles. The molecule has 13 heteroatoms. The van der Waals surface area contributed by atoms with E-state index in [9.17, 15) is 28.8 Å². The minimum Gasteiger partial charge on any atom is -0.452 e. The summed E-state index contributed by atoms with van der Waals surface area (Å²) < 4.78 is 12.2. The lowest BCUT2D eigenvalue weighted by molar-refractivity contribution is -0.154. The summed E-state index contributed by atoms with van der Waals surface area (Å²) >= 11 is 0. The van der Waals surface area contributed by atoms with Gasteiger partial charge in [0.05, 0.1) is 0 Å². The molecule has 2 atom stereocenters. The SMILES string of the molecule is CNC(=O)C(CC[C@H](NC(=O)c1oc2ccccc2c1C)C(=O)Nc1cccn(CC(=O)NC2C3CC4CC(C3)CC2C4)c1=O)OC(C)=O. The Balaban J connectivity index is 1.17. The summed E-state index contributed by atoms with van der Waals surface area (Å²) in [6.07, 6.45) is 5.95. The molecule has 2 aromatic heterocycles. The fourth-order valence-corrected chi connectivity index (χ4v) is 8.33. The smallest absolute Gasteiger partial charge is 0.303 e. The van der Waals surface area contributed by atoms with Gasteiger partial charge in [-0.1, -0.05) is 18.2 Å². The molecule has 2 heterocycles. The zero-order valence-corrected chi connectivity index (χ0v) is 28.0. The number of pyridine rings is 1. The van der Waals surface area contributed by atoms with Crippen LogP contribution in [0.1, 0.15) is 68.0 Å². The molecule has 7 rings (SSSR count). The average molecular weight is 674 g/mol. The normalized spacial score (nSPS) is 23.4. The van der Waals surface area contributed by atoms with Gasteiger partial charge in [0, 0.05) is 37.2 Å². The van der Waals surface area contributed by atoms with E-state index in [-0.39, 0.29) is 42.8 Å². The summed E-state index contributed by atoms with van der Waals surface area (Å²) in [4.78, 5) is 77.9. The Hall–Kier alpha value is -4.94. The minimum atomic E-state index is -1.27. The van der Waals surface area contributed by atoms with Gasteiger partial charge < -0.3 is 35.0 Å². The van der Waals surface area contributed by atoms with Gasteiger partial charge in [-0.25, -0.2) is 0 Å². The third kappa shape index (κ3) is 7.40. The molecule has 1 unspecified atom stereocenters. The number of furan rings is 1. The highest BCUT2D eigenvalue weighted by Gasteiger charge is 2.48. The number of benzene rings is 1. The summed E-state index contributed by atoms with van der Waals surface area (Å²) in [7, 11) is 1.39. The summed E-state index contributed by atoms with van der Waals surface area (Å²) in [5.41, 5.74) is 0.403. The van der Waals surface area contributed by atoms with Crippen LogP contribution in [0.2, 0.25) is 0 Å². The van der Waals surface area contributed by atoms with Crippen molar-refractivity contribution in [1.82, 2.24) is 20.5 Å². The number of hydrogen-bond donors (Lipinski definition) is 4. The molecule has 4 amide bonds. The molecule has 4 fully saturated rings. The van der Waals surface area contributed by atoms with Crippen LogP contribution >= 0.6 is 0 Å². The van der Waals surface area contributed by atoms with Crippen LogP contribution in [0.4, 0.5) is 5.69 Å². The molecule has 0 saturated heterocycles. The van der Waals surface area contributed by atoms with Crippen molar-refractivity contribution in [3.05, 3.63) is 64.3 Å². The molecule has 4 aliphatic carbocycles. The van der Waals surface area contributed by atoms with Gasteiger partial charge in [0.15, 0.2) is 11.9 Å². The lowest BCUT2D eigenvalue weighted by atomic mass is 9.54. The maximum Gasteiger partial charge on any atom is 0.303 e. The van der Waals surface area contributed by atoms with Crippen molar-refractivity contribution in [1.29, 1.82) is 0 Å². The second-order valence-corrected chi connectivity index (χ2v) is 13.7. The van der Waals surface area contributed by atoms with Crippen LogP contribution in [-0.4, -0.2) is 59.4 Å². The molecule has 3 aromatic rings. The Bertz CT molecular complexity index is 1800. The Labute approximate surface area is 283 Å². The number of amides is 4. The number of fused-ring (bicyclic) bond motifs is 1. The van der Waals surface area contributed by atoms with Gasteiger partial charge in [0.2, 0.25) is 11.8 Å². The number of aromatic nitrogens is 1. The molecule has 0 radical (unpaired) electrons. The van der Waals surface area contributed by atoms with Crippen molar-refractivity contribution < 1.29 is 33.1 Å². The van der Waals surface area contributed by atoms with Crippen molar-refractivity contribution in [2.24, 2.45) is 23.7 Å². The Morgan fingerprint density at radius 1 is 0.939 bits per heavy atom. The van der Waals surface area contributed by atoms with Gasteiger partial charge in [-0.2, -0.15) is 0 Å². The molecule has 4 aliphatic rings. The molecule has 0 aliphatic heterocycles. The van der Waals surface area contributed by atoms with E-state index >= 15 is 0 Å². The largest absolute Gasteiger partial charge is 0.452 e. The zero-order valence-electron chi connectivity index (χ0n) is 28.0. The van der Waals surface area contributed by atoms with E-state index in [2.05, 4.69) is 21.3 Å². The van der Waals surface area contributed by atoms with E-state index in [1.165, 1.54) is 30.3 Å². The van der Waals surface area contributed by atoms with E-state index in [4.69, 9.17) is 9.15 Å². The summed E-state index contributed by atoms with van der Waals surface area (Å²) in [6, 6.07) is 8.96. The number of nitrogens with zero attached hydrogens (tertiary/aromatic N) is 1. The van der Waals surface area contributed by atoms with Gasteiger partial charge in [0.1, 0.15) is 23.9 Å². The van der Waals surface area contributed by atoms with E-state index in [0.29, 0.717) is 23.0 Å². The first-order chi connectivity index (χ1) is 23.5. The topological polar surface area (TPSA) is 178 Å². The van der Waals surface area contributed by atoms with Crippen molar-refractivity contribution in [3.8, 4) is 0 Å². The van der Waals surface area contributed by atoms with E-state index < -0.39 is 41.4 Å². The number of esters is 1. The molecular weight excluding hydrogens is 630 g/mol. The Morgan fingerprint density at radius 3 is 2.29 bits per heavy atom. The van der Waals surface area contributed by atoms with Crippen LogP contribution in [0, 0.1) is 30.6 Å². The number of aryl methyl sites for hydroxylation is 1. The van der Waals surface area contributed by atoms with Gasteiger partial charge in [-0.15, -0.1) is 0 Å². The van der Waals surface area contributed by atoms with Crippen LogP contribution < -0.4 is 26.8 Å². The van der Waals surface area contributed by atoms with Gasteiger partial charge in [-0.05, 0) is 93.7 Å². The number of hydrogen-bond acceptors (Lipinski definition) is 8. The summed E-state index contributed by atoms with van der Waals surface area (Å²) in [6.45, 7) is 2.69. The van der Waals surface area contributed by atoms with E-state index in [1.54, 1.807) is 25.1 Å². The molecule has 4 N–H and O–H groups in total. The molecule has 0 spiro atoms. The molecule has 13 nitrogen and oxygen atoms in total. The number of nitrogens with one attached hydrogen (secondary N) is 4. The molecule has 4 bridgehead atoms. The number of carbonyl (C=O) groups excluding carboxylic acids is 5. The predicted molar refractivity (Wildman–Crippen MR) is 179 cm³/mol. The van der Waals surface area contributed by atoms with Crippen LogP contribution in [0.3, 0.4) is 0 Å². The van der Waals surface area contributed by atoms with Crippen LogP contribution in [0.5, 0.6) is 0 Å². The van der Waals surface area contributed by atoms with Crippen molar-refractivity contribution in [2.45, 2.75) is 83.5 Å². The van der Waals surface area contributed by atoms with Gasteiger partial charge in [-0.3, -0.25) is 28.8 Å². The first kappa shape index (κ1) is 33.9. The average Bonchev–Trinajstić information content (AvgIpc) is 3.41. The lowest BCUT2D eigenvalue weighted by Gasteiger charge is -2.54. The zero-order chi connectivity index (χ0) is 34.8. The number of rotatable bonds is 12. The highest BCUT2D eigenvalue weighted by molar-refractivity contribution is 6.03. The third-order valence-corrected chi connectivity index (χ3v) is 10.4. The number of likely N-dealkylation sites (N-methyl/N-ethyl adjacent to an activating group) is 1. The number of para-hydroxylation sites is 1. The fraction of sp³-hybridized carbons (Fsp3) is 0.500. The first-order valence-electron chi connectivity index (χ1n) is 17.0. The van der Waals surface area contributed by atoms with E-state index in [0.717, 1.165) is 49.8 Å². The highest BCUT2D eigenvalue weighted by Crippen LogP contribution is 2.53. The van der Waals surface area contributed by atoms with Crippen molar-refractivity contribution in [3.63, 3.8) is 0 Å².